The van der Waals surface area contributed by atoms with Gasteiger partial charge in [-0.05, 0) is 25.7 Å². The quantitative estimate of drug-likeness (QED) is 0.735. The molecule has 1 aromatic rings. The summed E-state index contributed by atoms with van der Waals surface area (Å²) < 4.78 is 0. The third-order valence-corrected chi connectivity index (χ3v) is 6.23. The number of rotatable bonds is 8. The van der Waals surface area contributed by atoms with Gasteiger partial charge in [-0.1, -0.05) is 62.8 Å². The van der Waals surface area contributed by atoms with Gasteiger partial charge in [-0.3, -0.25) is 0 Å². The van der Waals surface area contributed by atoms with Crippen molar-refractivity contribution in [3.05, 3.63) is 35.4 Å². The van der Waals surface area contributed by atoms with E-state index in [1.807, 2.05) is 0 Å². The van der Waals surface area contributed by atoms with E-state index in [4.69, 9.17) is 0 Å². The normalized spacial score (nSPS) is 20.3. The summed E-state index contributed by atoms with van der Waals surface area (Å²) in [6.45, 7) is 4.97. The Kier molecular flexibility index (Phi) is 7.63. The van der Waals surface area contributed by atoms with E-state index in [0.29, 0.717) is 0 Å². The van der Waals surface area contributed by atoms with Gasteiger partial charge >= 0.3 is 0 Å². The minimum Gasteiger partial charge on any atom is -0.342 e. The van der Waals surface area contributed by atoms with Crippen molar-refractivity contribution >= 4 is 0 Å². The van der Waals surface area contributed by atoms with E-state index in [9.17, 15) is 0 Å². The SMILES string of the molecule is c1cc(C[NH2+]CC2CCCCC2)ccc1C[NH2+]CC1CCCCC1. The fourth-order valence-corrected chi connectivity index (χ4v) is 4.63. The van der Waals surface area contributed by atoms with Gasteiger partial charge in [0.1, 0.15) is 13.1 Å². The average Bonchev–Trinajstić information content (AvgIpc) is 2.65. The first-order valence-electron chi connectivity index (χ1n) is 10.6. The largest absolute Gasteiger partial charge is 0.342 e. The summed E-state index contributed by atoms with van der Waals surface area (Å²) >= 11 is 0. The molecule has 2 nitrogen and oxygen atoms in total. The smallest absolute Gasteiger partial charge is 0.101 e. The van der Waals surface area contributed by atoms with Crippen LogP contribution in [0.25, 0.3) is 0 Å². The van der Waals surface area contributed by atoms with Crippen molar-refractivity contribution in [2.45, 2.75) is 77.3 Å². The zero-order valence-electron chi connectivity index (χ0n) is 15.5. The van der Waals surface area contributed by atoms with Gasteiger partial charge in [0.2, 0.25) is 0 Å². The van der Waals surface area contributed by atoms with Gasteiger partial charge in [0.25, 0.3) is 0 Å². The average molecular weight is 331 g/mol. The maximum Gasteiger partial charge on any atom is 0.101 e. The molecule has 0 radical (unpaired) electrons. The van der Waals surface area contributed by atoms with Crippen LogP contribution in [-0.4, -0.2) is 13.1 Å². The Balaban J connectivity index is 1.31. The van der Waals surface area contributed by atoms with Crippen LogP contribution in [0.15, 0.2) is 24.3 Å². The molecule has 0 saturated heterocycles. The second-order valence-electron chi connectivity index (χ2n) is 8.28. The summed E-state index contributed by atoms with van der Waals surface area (Å²) in [5, 5.41) is 5.06. The molecule has 2 aliphatic carbocycles. The van der Waals surface area contributed by atoms with Crippen molar-refractivity contribution in [1.82, 2.24) is 0 Å². The summed E-state index contributed by atoms with van der Waals surface area (Å²) in [6.07, 6.45) is 14.6. The van der Waals surface area contributed by atoms with Gasteiger partial charge in [-0.2, -0.15) is 0 Å². The molecule has 4 N–H and O–H groups in total. The second kappa shape index (κ2) is 10.2. The number of quaternary nitrogens is 2. The van der Waals surface area contributed by atoms with Crippen LogP contribution in [-0.2, 0) is 13.1 Å². The van der Waals surface area contributed by atoms with Crippen LogP contribution >= 0.6 is 0 Å². The van der Waals surface area contributed by atoms with Gasteiger partial charge in [0.15, 0.2) is 0 Å². The van der Waals surface area contributed by atoms with Crippen LogP contribution in [0.4, 0.5) is 0 Å². The first-order valence-corrected chi connectivity index (χ1v) is 10.6. The minimum absolute atomic E-state index is 0.979. The van der Waals surface area contributed by atoms with E-state index in [1.165, 1.54) is 88.4 Å². The lowest BCUT2D eigenvalue weighted by atomic mass is 9.89. The Labute approximate surface area is 148 Å². The third kappa shape index (κ3) is 6.22. The Hall–Kier alpha value is -0.860. The Morgan fingerprint density at radius 3 is 1.33 bits per heavy atom. The topological polar surface area (TPSA) is 33.2 Å². The summed E-state index contributed by atoms with van der Waals surface area (Å²) in [6, 6.07) is 9.39. The molecule has 3 rings (SSSR count). The van der Waals surface area contributed by atoms with Crippen LogP contribution in [0.3, 0.4) is 0 Å². The highest BCUT2D eigenvalue weighted by molar-refractivity contribution is 5.21. The van der Waals surface area contributed by atoms with Crippen LogP contribution in [0, 0.1) is 11.8 Å². The lowest BCUT2D eigenvalue weighted by Gasteiger charge is -2.20. The van der Waals surface area contributed by atoms with Crippen molar-refractivity contribution < 1.29 is 10.6 Å². The van der Waals surface area contributed by atoms with Gasteiger partial charge in [-0.15, -0.1) is 0 Å². The minimum atomic E-state index is 0.979. The monoisotopic (exact) mass is 330 g/mol. The number of benzene rings is 1. The van der Waals surface area contributed by atoms with Crippen molar-refractivity contribution in [3.63, 3.8) is 0 Å². The first-order chi connectivity index (χ1) is 11.9. The molecule has 0 amide bonds. The van der Waals surface area contributed by atoms with Crippen LogP contribution in [0.5, 0.6) is 0 Å². The van der Waals surface area contributed by atoms with Gasteiger partial charge < -0.3 is 10.6 Å². The van der Waals surface area contributed by atoms with Gasteiger partial charge in [0, 0.05) is 23.0 Å². The van der Waals surface area contributed by atoms with Crippen molar-refractivity contribution in [2.75, 3.05) is 13.1 Å². The molecule has 2 heteroatoms. The van der Waals surface area contributed by atoms with Crippen molar-refractivity contribution in [2.24, 2.45) is 11.8 Å². The number of hydrogen-bond acceptors (Lipinski definition) is 0. The Morgan fingerprint density at radius 1 is 0.583 bits per heavy atom. The predicted octanol–water partition coefficient (Wildman–Crippen LogP) is 2.97. The summed E-state index contributed by atoms with van der Waals surface area (Å²) in [5.74, 6) is 1.96. The highest BCUT2D eigenvalue weighted by Gasteiger charge is 2.15. The third-order valence-electron chi connectivity index (χ3n) is 6.23. The van der Waals surface area contributed by atoms with E-state index in [1.54, 1.807) is 0 Å². The van der Waals surface area contributed by atoms with Crippen molar-refractivity contribution in [1.29, 1.82) is 0 Å². The predicted molar refractivity (Wildman–Crippen MR) is 101 cm³/mol. The van der Waals surface area contributed by atoms with E-state index < -0.39 is 0 Å². The van der Waals surface area contributed by atoms with Crippen LogP contribution in [0.1, 0.15) is 75.3 Å². The van der Waals surface area contributed by atoms with E-state index >= 15 is 0 Å². The maximum absolute atomic E-state index is 2.53. The highest BCUT2D eigenvalue weighted by Crippen LogP contribution is 2.22. The Morgan fingerprint density at radius 2 is 0.958 bits per heavy atom. The zero-order valence-corrected chi connectivity index (χ0v) is 15.5. The second-order valence-corrected chi connectivity index (χ2v) is 8.28. The molecule has 2 saturated carbocycles. The lowest BCUT2D eigenvalue weighted by molar-refractivity contribution is -0.677. The summed E-state index contributed by atoms with van der Waals surface area (Å²) in [4.78, 5) is 0. The molecule has 1 aromatic carbocycles. The molecule has 2 fully saturated rings. The fraction of sp³-hybridized carbons (Fsp3) is 0.727. The lowest BCUT2D eigenvalue weighted by Crippen LogP contribution is -2.84. The molecular weight excluding hydrogens is 292 g/mol. The van der Waals surface area contributed by atoms with Crippen LogP contribution in [0.2, 0.25) is 0 Å². The fourth-order valence-electron chi connectivity index (χ4n) is 4.63. The summed E-state index contributed by atoms with van der Waals surface area (Å²) in [5.41, 5.74) is 2.98. The standard InChI is InChI=1S/C22H36N2/c1-3-7-19(8-4-1)15-23-17-21-11-13-22(14-12-21)18-24-16-20-9-5-2-6-10-20/h11-14,19-20,23-24H,1-10,15-18H2/p+2. The molecule has 0 heterocycles. The van der Waals surface area contributed by atoms with E-state index in [-0.39, 0.29) is 0 Å². The van der Waals surface area contributed by atoms with Gasteiger partial charge in [0.05, 0.1) is 13.1 Å². The number of hydrogen-bond donors (Lipinski definition) is 2. The molecule has 0 bridgehead atoms. The van der Waals surface area contributed by atoms with Crippen LogP contribution < -0.4 is 10.6 Å². The maximum atomic E-state index is 2.53. The molecular formula is C22H38N2+2. The Bertz CT molecular complexity index is 399. The zero-order chi connectivity index (χ0) is 16.5. The highest BCUT2D eigenvalue weighted by atomic mass is 14.9. The summed E-state index contributed by atoms with van der Waals surface area (Å²) in [7, 11) is 0. The molecule has 0 aliphatic heterocycles. The van der Waals surface area contributed by atoms with Crippen molar-refractivity contribution in [3.8, 4) is 0 Å². The molecule has 2 aliphatic rings. The molecule has 0 aromatic heterocycles. The van der Waals surface area contributed by atoms with E-state index in [0.717, 1.165) is 24.9 Å². The molecule has 0 unspecified atom stereocenters. The van der Waals surface area contributed by atoms with E-state index in [2.05, 4.69) is 34.9 Å². The molecule has 24 heavy (non-hydrogen) atoms. The number of nitrogens with two attached hydrogens (primary N) is 2. The molecule has 0 atom stereocenters. The molecule has 134 valence electrons. The van der Waals surface area contributed by atoms with Gasteiger partial charge in [-0.25, -0.2) is 0 Å². The first kappa shape index (κ1) is 17.9. The molecule has 0 spiro atoms.